The molecule has 13 heteroatoms. The number of rotatable bonds is 0. The van der Waals surface area contributed by atoms with E-state index in [1.54, 1.807) is 0 Å². The molecule has 0 bridgehead atoms. The third-order valence-electron chi connectivity index (χ3n) is 0. The second-order valence-corrected chi connectivity index (χ2v) is 2.04. The van der Waals surface area contributed by atoms with Crippen molar-refractivity contribution in [1.82, 2.24) is 0 Å². The molecule has 0 amide bonds. The fourth-order valence-electron chi connectivity index (χ4n) is 0. The monoisotopic (exact) mass is 298 g/mol. The van der Waals surface area contributed by atoms with E-state index in [1.165, 1.54) is 0 Å². The summed E-state index contributed by atoms with van der Waals surface area (Å²) >= 11 is 0. The average molecular weight is 298 g/mol. The van der Waals surface area contributed by atoms with Crippen molar-refractivity contribution < 1.29 is 49.3 Å². The molecule has 0 aromatic rings. The van der Waals surface area contributed by atoms with E-state index < -0.39 is 20.1 Å². The molecule has 0 heterocycles. The molecule has 0 rings (SSSR count). The van der Waals surface area contributed by atoms with Crippen LogP contribution in [0, 0.1) is 0 Å². The Bertz CT molecular complexity index is 169. The standard InChI is InChI=1S/2CH2O3.2Ca.H3O4P/c2*2-1(3)4;;;1-5(2,3)4/h2*(H2,2,3,4);;;(H3,1,2,3,4)/q;;2*+2;/p-4. The fraction of sp³-hybridized carbons (Fsp3) is 0. The van der Waals surface area contributed by atoms with Gasteiger partial charge in [-0.2, -0.15) is 0 Å². The molecule has 0 spiro atoms. The molecule has 0 radical (unpaired) electrons. The predicted octanol–water partition coefficient (Wildman–Crippen LogP) is -6.58. The topological polar surface area (TPSA) is 204 Å². The van der Waals surface area contributed by atoms with Gasteiger partial charge in [-0.15, -0.1) is 0 Å². The molecule has 0 saturated carbocycles. The van der Waals surface area contributed by atoms with Crippen LogP contribution in [0.25, 0.3) is 0 Å². The van der Waals surface area contributed by atoms with E-state index in [1.807, 2.05) is 0 Å². The second kappa shape index (κ2) is 17.6. The van der Waals surface area contributed by atoms with E-state index in [9.17, 15) is 0 Å². The largest absolute Gasteiger partial charge is 2.00 e. The molecular weight excluding hydrogens is 295 g/mol. The molecule has 0 aromatic carbocycles. The summed E-state index contributed by atoms with van der Waals surface area (Å²) < 4.78 is 8.88. The number of carboxylic acid groups (broad SMARTS) is 4. The molecule has 0 aliphatic carbocycles. The molecular formula is C2H3Ca2O10P. The Balaban J connectivity index is -0.0000000315. The van der Waals surface area contributed by atoms with Gasteiger partial charge in [0.05, 0.1) is 0 Å². The summed E-state index contributed by atoms with van der Waals surface area (Å²) in [5.74, 6) is 0. The second-order valence-electron chi connectivity index (χ2n) is 1.01. The molecule has 0 saturated heterocycles. The third kappa shape index (κ3) is 1920. The number of hydrogen-bond acceptors (Lipinski definition) is 7. The van der Waals surface area contributed by atoms with Crippen molar-refractivity contribution in [3.63, 3.8) is 0 Å². The third-order valence-corrected chi connectivity index (χ3v) is 0. The van der Waals surface area contributed by atoms with Gasteiger partial charge in [0, 0.05) is 0 Å². The van der Waals surface area contributed by atoms with E-state index in [4.69, 9.17) is 49.3 Å². The van der Waals surface area contributed by atoms with Crippen LogP contribution < -0.4 is 20.4 Å². The van der Waals surface area contributed by atoms with E-state index in [-0.39, 0.29) is 75.5 Å². The van der Waals surface area contributed by atoms with Crippen LogP contribution in [0.4, 0.5) is 9.59 Å². The van der Waals surface area contributed by atoms with Gasteiger partial charge in [-0.3, -0.25) is 0 Å². The molecule has 0 fully saturated rings. The predicted molar refractivity (Wildman–Crippen MR) is 36.6 cm³/mol. The van der Waals surface area contributed by atoms with E-state index in [0.717, 1.165) is 0 Å². The minimum Gasteiger partial charge on any atom is -0.652 e. The summed E-state index contributed by atoms with van der Waals surface area (Å²) in [6, 6.07) is 0. The first kappa shape index (κ1) is 29.8. The van der Waals surface area contributed by atoms with Crippen LogP contribution in [-0.2, 0) is 4.57 Å². The van der Waals surface area contributed by atoms with Gasteiger partial charge >= 0.3 is 83.3 Å². The van der Waals surface area contributed by atoms with Gasteiger partial charge in [0.2, 0.25) is 0 Å². The molecule has 0 aromatic heterocycles. The summed E-state index contributed by atoms with van der Waals surface area (Å²) in [5, 5.41) is 33.3. The zero-order chi connectivity index (χ0) is 11.7. The number of phosphoric acid groups is 1. The van der Waals surface area contributed by atoms with Gasteiger partial charge in [-0.25, -0.2) is 4.57 Å². The Morgan fingerprint density at radius 1 is 0.800 bits per heavy atom. The number of carbonyl (C=O) groups is 2. The van der Waals surface area contributed by atoms with Gasteiger partial charge < -0.3 is 44.7 Å². The summed E-state index contributed by atoms with van der Waals surface area (Å²) in [5.41, 5.74) is 0. The molecule has 0 aliphatic rings. The minimum atomic E-state index is -4.64. The molecule has 3 N–H and O–H groups in total. The van der Waals surface area contributed by atoms with Crippen LogP contribution in [0.5, 0.6) is 0 Å². The van der Waals surface area contributed by atoms with Crippen molar-refractivity contribution in [2.75, 3.05) is 0 Å². The first-order chi connectivity index (χ1) is 5.46. The van der Waals surface area contributed by atoms with Crippen molar-refractivity contribution in [3.8, 4) is 0 Å². The van der Waals surface area contributed by atoms with Crippen molar-refractivity contribution >= 4 is 95.6 Å². The average Bonchev–Trinajstić information content (AvgIpc) is 1.50. The van der Waals surface area contributed by atoms with E-state index in [0.29, 0.717) is 0 Å². The van der Waals surface area contributed by atoms with Gasteiger partial charge in [-0.1, -0.05) is 0 Å². The van der Waals surface area contributed by atoms with Crippen LogP contribution >= 0.6 is 7.82 Å². The Kier molecular flexibility index (Phi) is 34.9. The van der Waals surface area contributed by atoms with Crippen LogP contribution in [-0.4, -0.2) is 102 Å². The quantitative estimate of drug-likeness (QED) is 0.284. The molecule has 0 atom stereocenters. The van der Waals surface area contributed by atoms with Crippen LogP contribution in [0.15, 0.2) is 0 Å². The Morgan fingerprint density at radius 2 is 0.800 bits per heavy atom. The van der Waals surface area contributed by atoms with Gasteiger partial charge in [0.15, 0.2) is 0 Å². The zero-order valence-corrected chi connectivity index (χ0v) is 12.4. The normalized spacial score (nSPS) is 7.13. The number of carbonyl (C=O) groups excluding carboxylic acids is 2. The van der Waals surface area contributed by atoms with Crippen molar-refractivity contribution in [3.05, 3.63) is 0 Å². The molecule has 80 valence electrons. The smallest absolute Gasteiger partial charge is 0.652 e. The maximum Gasteiger partial charge on any atom is 2.00 e. The fourth-order valence-corrected chi connectivity index (χ4v) is 0. The van der Waals surface area contributed by atoms with Gasteiger partial charge in [-0.05, 0) is 12.3 Å². The maximum atomic E-state index is 8.88. The van der Waals surface area contributed by atoms with Crippen LogP contribution in [0.1, 0.15) is 0 Å². The summed E-state index contributed by atoms with van der Waals surface area (Å²) in [7, 11) is -4.64. The SMILES string of the molecule is O=C([O-])[O-].O=C([O-])[O-].O=P(O)(O)O.[Ca+2].[Ca+2]. The molecule has 0 unspecified atom stereocenters. The molecule has 10 nitrogen and oxygen atoms in total. The van der Waals surface area contributed by atoms with Crippen LogP contribution in [0.3, 0.4) is 0 Å². The maximum absolute atomic E-state index is 8.88. The summed E-state index contributed by atoms with van der Waals surface area (Å²) in [6.07, 6.45) is -4.67. The van der Waals surface area contributed by atoms with Crippen molar-refractivity contribution in [2.24, 2.45) is 0 Å². The first-order valence-electron chi connectivity index (χ1n) is 2.01. The van der Waals surface area contributed by atoms with Gasteiger partial charge in [0.1, 0.15) is 0 Å². The van der Waals surface area contributed by atoms with Gasteiger partial charge in [0.25, 0.3) is 0 Å². The van der Waals surface area contributed by atoms with E-state index >= 15 is 0 Å². The molecule has 15 heavy (non-hydrogen) atoms. The molecule has 0 aliphatic heterocycles. The Morgan fingerprint density at radius 3 is 0.800 bits per heavy atom. The minimum absolute atomic E-state index is 0. The van der Waals surface area contributed by atoms with Crippen LogP contribution in [0.2, 0.25) is 0 Å². The Hall–Kier alpha value is 1.17. The van der Waals surface area contributed by atoms with E-state index in [2.05, 4.69) is 0 Å². The Labute approximate surface area is 143 Å². The number of hydrogen-bond donors (Lipinski definition) is 3. The summed E-state index contributed by atoms with van der Waals surface area (Å²) in [4.78, 5) is 38.2. The summed E-state index contributed by atoms with van der Waals surface area (Å²) in [6.45, 7) is 0. The zero-order valence-electron chi connectivity index (χ0n) is 7.06. The van der Waals surface area contributed by atoms with Crippen molar-refractivity contribution in [1.29, 1.82) is 0 Å². The van der Waals surface area contributed by atoms with Crippen molar-refractivity contribution in [2.45, 2.75) is 0 Å². The first-order valence-corrected chi connectivity index (χ1v) is 3.57.